The molecule has 3 nitrogen and oxygen atoms in total. The molecule has 0 heterocycles. The third kappa shape index (κ3) is 3.56. The molecule has 100 valence electrons. The lowest BCUT2D eigenvalue weighted by molar-refractivity contribution is 0.567. The van der Waals surface area contributed by atoms with Crippen molar-refractivity contribution in [3.63, 3.8) is 0 Å². The Labute approximate surface area is 118 Å². The Morgan fingerprint density at radius 1 is 1.05 bits per heavy atom. The Hall–Kier alpha value is -1.36. The predicted octanol–water partition coefficient (Wildman–Crippen LogP) is 3.38. The maximum absolute atomic E-state index is 12.2. The topological polar surface area (TPSA) is 46.2 Å². The van der Waals surface area contributed by atoms with E-state index in [9.17, 15) is 8.42 Å². The minimum absolute atomic E-state index is 0.169. The Morgan fingerprint density at radius 2 is 1.74 bits per heavy atom. The maximum atomic E-state index is 12.2. The van der Waals surface area contributed by atoms with Gasteiger partial charge in [-0.25, -0.2) is 13.1 Å². The zero-order valence-corrected chi connectivity index (χ0v) is 11.9. The summed E-state index contributed by atoms with van der Waals surface area (Å²) in [7, 11) is -3.56. The molecular formula is C14H14ClNO2S. The molecule has 0 aromatic heterocycles. The van der Waals surface area contributed by atoms with E-state index in [1.807, 2.05) is 30.3 Å². The monoisotopic (exact) mass is 295 g/mol. The van der Waals surface area contributed by atoms with Gasteiger partial charge in [-0.05, 0) is 30.7 Å². The minimum Gasteiger partial charge on any atom is -0.207 e. The van der Waals surface area contributed by atoms with Gasteiger partial charge < -0.3 is 0 Å². The fourth-order valence-electron chi connectivity index (χ4n) is 1.74. The number of hydrogen-bond donors (Lipinski definition) is 1. The van der Waals surface area contributed by atoms with Crippen molar-refractivity contribution in [2.24, 2.45) is 0 Å². The first-order chi connectivity index (χ1) is 8.99. The van der Waals surface area contributed by atoms with Gasteiger partial charge in [-0.3, -0.25) is 0 Å². The van der Waals surface area contributed by atoms with Crippen molar-refractivity contribution in [3.05, 3.63) is 65.2 Å². The van der Waals surface area contributed by atoms with E-state index < -0.39 is 10.0 Å². The number of halogens is 1. The molecule has 1 atom stereocenters. The van der Waals surface area contributed by atoms with Crippen molar-refractivity contribution in [3.8, 4) is 0 Å². The summed E-state index contributed by atoms with van der Waals surface area (Å²) >= 11 is 5.81. The van der Waals surface area contributed by atoms with Gasteiger partial charge in [0.1, 0.15) is 0 Å². The van der Waals surface area contributed by atoms with Crippen LogP contribution in [0.15, 0.2) is 59.5 Å². The van der Waals surface area contributed by atoms with Crippen molar-refractivity contribution in [1.82, 2.24) is 4.72 Å². The lowest BCUT2D eigenvalue weighted by Crippen LogP contribution is -2.26. The minimum atomic E-state index is -3.56. The average molecular weight is 296 g/mol. The molecule has 1 N–H and O–H groups in total. The predicted molar refractivity (Wildman–Crippen MR) is 76.6 cm³/mol. The maximum Gasteiger partial charge on any atom is 0.241 e. The number of rotatable bonds is 4. The molecule has 0 saturated heterocycles. The highest BCUT2D eigenvalue weighted by molar-refractivity contribution is 7.89. The van der Waals surface area contributed by atoms with E-state index >= 15 is 0 Å². The molecule has 19 heavy (non-hydrogen) atoms. The highest BCUT2D eigenvalue weighted by Gasteiger charge is 2.18. The van der Waals surface area contributed by atoms with Crippen LogP contribution in [0.5, 0.6) is 0 Å². The summed E-state index contributed by atoms with van der Waals surface area (Å²) in [6, 6.07) is 15.3. The van der Waals surface area contributed by atoms with Gasteiger partial charge in [0.15, 0.2) is 0 Å². The van der Waals surface area contributed by atoms with Gasteiger partial charge in [-0.1, -0.05) is 48.0 Å². The molecular weight excluding hydrogens is 282 g/mol. The van der Waals surface area contributed by atoms with Crippen molar-refractivity contribution in [2.75, 3.05) is 0 Å². The van der Waals surface area contributed by atoms with Crippen LogP contribution in [0.1, 0.15) is 18.5 Å². The number of sulfonamides is 1. The number of hydrogen-bond acceptors (Lipinski definition) is 2. The van der Waals surface area contributed by atoms with Crippen molar-refractivity contribution in [1.29, 1.82) is 0 Å². The molecule has 2 rings (SSSR count). The second-order valence-electron chi connectivity index (χ2n) is 4.21. The second-order valence-corrected chi connectivity index (χ2v) is 6.36. The third-order valence-corrected chi connectivity index (χ3v) is 4.51. The van der Waals surface area contributed by atoms with E-state index in [0.29, 0.717) is 5.02 Å². The molecule has 0 amide bonds. The lowest BCUT2D eigenvalue weighted by atomic mass is 10.1. The van der Waals surface area contributed by atoms with E-state index in [1.165, 1.54) is 12.1 Å². The molecule has 0 aliphatic heterocycles. The Morgan fingerprint density at radius 3 is 2.37 bits per heavy atom. The van der Waals surface area contributed by atoms with Gasteiger partial charge >= 0.3 is 0 Å². The van der Waals surface area contributed by atoms with Crippen molar-refractivity contribution < 1.29 is 8.42 Å². The van der Waals surface area contributed by atoms with Crippen LogP contribution in [-0.2, 0) is 10.0 Å². The van der Waals surface area contributed by atoms with Gasteiger partial charge in [-0.2, -0.15) is 0 Å². The zero-order valence-electron chi connectivity index (χ0n) is 10.4. The van der Waals surface area contributed by atoms with Crippen LogP contribution in [0.2, 0.25) is 5.02 Å². The van der Waals surface area contributed by atoms with Crippen LogP contribution in [0.4, 0.5) is 0 Å². The molecule has 0 fully saturated rings. The zero-order chi connectivity index (χ0) is 13.9. The quantitative estimate of drug-likeness (QED) is 0.940. The fourth-order valence-corrected chi connectivity index (χ4v) is 3.28. The largest absolute Gasteiger partial charge is 0.241 e. The highest BCUT2D eigenvalue weighted by Crippen LogP contribution is 2.19. The third-order valence-electron chi connectivity index (χ3n) is 2.74. The molecule has 2 aromatic rings. The van der Waals surface area contributed by atoms with Crippen LogP contribution in [-0.4, -0.2) is 8.42 Å². The summed E-state index contributed by atoms with van der Waals surface area (Å²) in [5, 5.41) is 0.398. The highest BCUT2D eigenvalue weighted by atomic mass is 35.5. The van der Waals surface area contributed by atoms with Crippen LogP contribution in [0.3, 0.4) is 0 Å². The normalized spacial score (nSPS) is 13.2. The van der Waals surface area contributed by atoms with Gasteiger partial charge in [0, 0.05) is 11.1 Å². The van der Waals surface area contributed by atoms with Crippen LogP contribution < -0.4 is 4.72 Å². The molecule has 0 aliphatic carbocycles. The summed E-state index contributed by atoms with van der Waals surface area (Å²) in [6.07, 6.45) is 0. The average Bonchev–Trinajstić information content (AvgIpc) is 2.39. The van der Waals surface area contributed by atoms with Crippen molar-refractivity contribution >= 4 is 21.6 Å². The first kappa shape index (κ1) is 14.1. The van der Waals surface area contributed by atoms with Crippen LogP contribution in [0.25, 0.3) is 0 Å². The first-order valence-corrected chi connectivity index (χ1v) is 7.68. The number of benzene rings is 2. The van der Waals surface area contributed by atoms with E-state index in [4.69, 9.17) is 11.6 Å². The molecule has 0 saturated carbocycles. The Bertz CT molecular complexity index is 656. The molecule has 0 aliphatic rings. The Balaban J connectivity index is 2.23. The smallest absolute Gasteiger partial charge is 0.207 e. The Kier molecular flexibility index (Phi) is 4.24. The summed E-state index contributed by atoms with van der Waals surface area (Å²) in [6.45, 7) is 1.80. The summed E-state index contributed by atoms with van der Waals surface area (Å²) < 4.78 is 27.0. The molecule has 5 heteroatoms. The van der Waals surface area contributed by atoms with Crippen LogP contribution in [0, 0.1) is 0 Å². The molecule has 2 aromatic carbocycles. The van der Waals surface area contributed by atoms with E-state index in [2.05, 4.69) is 4.72 Å². The molecule has 0 unspecified atom stereocenters. The van der Waals surface area contributed by atoms with Gasteiger partial charge in [-0.15, -0.1) is 0 Å². The summed E-state index contributed by atoms with van der Waals surface area (Å²) in [4.78, 5) is 0.169. The standard InChI is InChI=1S/C14H14ClNO2S/c1-11(12-6-3-2-4-7-12)16-19(17,18)14-9-5-8-13(15)10-14/h2-11,16H,1H3/t11-/m0/s1. The SMILES string of the molecule is C[C@H](NS(=O)(=O)c1cccc(Cl)c1)c1ccccc1. The summed E-state index contributed by atoms with van der Waals surface area (Å²) in [5.41, 5.74) is 0.910. The van der Waals surface area contributed by atoms with E-state index in [-0.39, 0.29) is 10.9 Å². The lowest BCUT2D eigenvalue weighted by Gasteiger charge is -2.14. The molecule has 0 bridgehead atoms. The molecule has 0 radical (unpaired) electrons. The molecule has 0 spiro atoms. The van der Waals surface area contributed by atoms with Gasteiger partial charge in [0.25, 0.3) is 0 Å². The van der Waals surface area contributed by atoms with Crippen LogP contribution >= 0.6 is 11.6 Å². The summed E-state index contributed by atoms with van der Waals surface area (Å²) in [5.74, 6) is 0. The van der Waals surface area contributed by atoms with Gasteiger partial charge in [0.05, 0.1) is 4.90 Å². The number of nitrogens with one attached hydrogen (secondary N) is 1. The van der Waals surface area contributed by atoms with Gasteiger partial charge in [0.2, 0.25) is 10.0 Å². The van der Waals surface area contributed by atoms with E-state index in [1.54, 1.807) is 19.1 Å². The second kappa shape index (κ2) is 5.74. The first-order valence-electron chi connectivity index (χ1n) is 5.82. The van der Waals surface area contributed by atoms with Crippen molar-refractivity contribution in [2.45, 2.75) is 17.9 Å². The van der Waals surface area contributed by atoms with E-state index in [0.717, 1.165) is 5.56 Å². The fraction of sp³-hybridized carbons (Fsp3) is 0.143.